The van der Waals surface area contributed by atoms with Gasteiger partial charge in [-0.15, -0.1) is 0 Å². The molecule has 0 fully saturated rings. The van der Waals surface area contributed by atoms with E-state index in [1.807, 2.05) is 0 Å². The van der Waals surface area contributed by atoms with Crippen LogP contribution < -0.4 is 0 Å². The van der Waals surface area contributed by atoms with Crippen LogP contribution in [0, 0.1) is 5.41 Å². The topological polar surface area (TPSA) is 112 Å². The van der Waals surface area contributed by atoms with Crippen molar-refractivity contribution in [2.75, 3.05) is 26.4 Å². The van der Waals surface area contributed by atoms with E-state index < -0.39 is 29.9 Å². The van der Waals surface area contributed by atoms with Crippen molar-refractivity contribution in [2.24, 2.45) is 5.41 Å². The predicted octanol–water partition coefficient (Wildman–Crippen LogP) is 4.45. The second-order valence-corrected chi connectivity index (χ2v) is 7.66. The van der Waals surface area contributed by atoms with Gasteiger partial charge in [-0.05, 0) is 52.4 Å². The van der Waals surface area contributed by atoms with Gasteiger partial charge < -0.3 is 29.2 Å². The summed E-state index contributed by atoms with van der Waals surface area (Å²) in [5, 5.41) is 18.9. The third-order valence-corrected chi connectivity index (χ3v) is 5.07. The van der Waals surface area contributed by atoms with Gasteiger partial charge in [-0.1, -0.05) is 26.7 Å². The Morgan fingerprint density at radius 1 is 0.733 bits per heavy atom. The molecule has 0 aliphatic carbocycles. The molecule has 30 heavy (non-hydrogen) atoms. The number of hydrogen-bond donors (Lipinski definition) is 2. The molecule has 0 heterocycles. The number of hydrogen-bond acceptors (Lipinski definition) is 6. The molecule has 0 aromatic rings. The largest absolute Gasteiger partial charge is 0.481 e. The van der Waals surface area contributed by atoms with Gasteiger partial charge in [0, 0.05) is 19.6 Å². The summed E-state index contributed by atoms with van der Waals surface area (Å²) < 4.78 is 22.4. The van der Waals surface area contributed by atoms with Crippen LogP contribution in [-0.4, -0.2) is 61.2 Å². The van der Waals surface area contributed by atoms with E-state index in [1.165, 1.54) is 0 Å². The average Bonchev–Trinajstić information content (AvgIpc) is 2.67. The number of carbonyl (C=O) groups is 2. The number of carboxylic acid groups (broad SMARTS) is 2. The third-order valence-electron chi connectivity index (χ3n) is 5.07. The van der Waals surface area contributed by atoms with Crippen molar-refractivity contribution in [3.8, 4) is 0 Å². The van der Waals surface area contributed by atoms with Crippen molar-refractivity contribution in [3.63, 3.8) is 0 Å². The van der Waals surface area contributed by atoms with Crippen molar-refractivity contribution in [1.29, 1.82) is 0 Å². The zero-order valence-corrected chi connectivity index (χ0v) is 19.2. The van der Waals surface area contributed by atoms with Crippen molar-refractivity contribution < 1.29 is 38.7 Å². The van der Waals surface area contributed by atoms with Crippen molar-refractivity contribution >= 4 is 11.9 Å². The highest BCUT2D eigenvalue weighted by Crippen LogP contribution is 2.34. The number of ether oxygens (including phenoxy) is 4. The lowest BCUT2D eigenvalue weighted by atomic mass is 9.77. The number of unbranched alkanes of at least 4 members (excludes halogenated alkanes) is 2. The molecule has 0 saturated carbocycles. The summed E-state index contributed by atoms with van der Waals surface area (Å²) in [5.41, 5.74) is -1.11. The van der Waals surface area contributed by atoms with Gasteiger partial charge in [0.15, 0.2) is 12.6 Å². The fourth-order valence-electron chi connectivity index (χ4n) is 3.00. The Morgan fingerprint density at radius 2 is 1.17 bits per heavy atom. The van der Waals surface area contributed by atoms with Crippen LogP contribution >= 0.6 is 0 Å². The molecule has 0 aliphatic rings. The van der Waals surface area contributed by atoms with Crippen molar-refractivity contribution in [3.05, 3.63) is 0 Å². The molecule has 178 valence electrons. The summed E-state index contributed by atoms with van der Waals surface area (Å²) in [6, 6.07) is 0. The van der Waals surface area contributed by atoms with E-state index >= 15 is 0 Å². The van der Waals surface area contributed by atoms with E-state index in [0.717, 1.165) is 25.7 Å². The number of carboxylic acids is 2. The number of aliphatic carboxylic acids is 2. The molecular weight excluding hydrogens is 392 g/mol. The number of rotatable bonds is 21. The molecule has 0 aromatic carbocycles. The lowest BCUT2D eigenvalue weighted by Gasteiger charge is -2.30. The van der Waals surface area contributed by atoms with Crippen LogP contribution in [0.25, 0.3) is 0 Å². The Labute approximate surface area is 181 Å². The maximum absolute atomic E-state index is 12.1. The van der Waals surface area contributed by atoms with Gasteiger partial charge in [0.1, 0.15) is 0 Å². The van der Waals surface area contributed by atoms with Gasteiger partial charge in [0.25, 0.3) is 0 Å². The highest BCUT2D eigenvalue weighted by molar-refractivity contribution is 5.74. The van der Waals surface area contributed by atoms with Crippen LogP contribution in [0.15, 0.2) is 0 Å². The lowest BCUT2D eigenvalue weighted by molar-refractivity contribution is -0.165. The normalized spacial score (nSPS) is 15.5. The minimum atomic E-state index is -1.11. The van der Waals surface area contributed by atoms with Crippen LogP contribution in [0.3, 0.4) is 0 Å². The standard InChI is InChI=1S/C22H42O8/c1-5-7-14-27-18(3)29-16-12-22(21(25)26,11-9-10-20(23)24)13-17-30-19(4)28-15-8-6-2/h18-19H,5-17H2,1-4H3,(H,23,24)(H,25,26). The summed E-state index contributed by atoms with van der Waals surface area (Å²) in [6.07, 6.45) is 4.10. The fraction of sp³-hybridized carbons (Fsp3) is 0.909. The minimum Gasteiger partial charge on any atom is -0.481 e. The molecule has 0 rings (SSSR count). The fourth-order valence-corrected chi connectivity index (χ4v) is 3.00. The molecule has 0 amide bonds. The van der Waals surface area contributed by atoms with Gasteiger partial charge in [-0.2, -0.15) is 0 Å². The van der Waals surface area contributed by atoms with E-state index in [2.05, 4.69) is 13.8 Å². The van der Waals surface area contributed by atoms with Gasteiger partial charge >= 0.3 is 11.9 Å². The zero-order chi connectivity index (χ0) is 22.8. The van der Waals surface area contributed by atoms with Gasteiger partial charge in [0.05, 0.1) is 18.6 Å². The summed E-state index contributed by atoms with van der Waals surface area (Å²) in [5.74, 6) is -1.89. The van der Waals surface area contributed by atoms with Crippen LogP contribution in [-0.2, 0) is 28.5 Å². The molecule has 0 aromatic heterocycles. The van der Waals surface area contributed by atoms with Gasteiger partial charge in [0.2, 0.25) is 0 Å². The highest BCUT2D eigenvalue weighted by Gasteiger charge is 2.38. The first kappa shape index (κ1) is 28.8. The highest BCUT2D eigenvalue weighted by atomic mass is 16.7. The molecule has 0 saturated heterocycles. The maximum atomic E-state index is 12.1. The first-order chi connectivity index (χ1) is 14.3. The van der Waals surface area contributed by atoms with Crippen LogP contribution in [0.4, 0.5) is 0 Å². The first-order valence-electron chi connectivity index (χ1n) is 11.2. The SMILES string of the molecule is CCCCOC(C)OCCC(CCCC(=O)O)(CCOC(C)OCCCC)C(=O)O. The molecule has 8 heteroatoms. The van der Waals surface area contributed by atoms with Crippen molar-refractivity contribution in [2.45, 2.75) is 98.1 Å². The maximum Gasteiger partial charge on any atom is 0.309 e. The van der Waals surface area contributed by atoms with Crippen LogP contribution in [0.2, 0.25) is 0 Å². The van der Waals surface area contributed by atoms with Crippen molar-refractivity contribution in [1.82, 2.24) is 0 Å². The monoisotopic (exact) mass is 434 g/mol. The molecule has 0 aliphatic heterocycles. The predicted molar refractivity (Wildman–Crippen MR) is 113 cm³/mol. The Hall–Kier alpha value is -1.22. The molecule has 8 nitrogen and oxygen atoms in total. The van der Waals surface area contributed by atoms with E-state index in [1.54, 1.807) is 13.8 Å². The molecule has 2 atom stereocenters. The first-order valence-corrected chi connectivity index (χ1v) is 11.2. The van der Waals surface area contributed by atoms with E-state index in [0.29, 0.717) is 13.2 Å². The van der Waals surface area contributed by atoms with Gasteiger partial charge in [-0.25, -0.2) is 0 Å². The quantitative estimate of drug-likeness (QED) is 0.201. The van der Waals surface area contributed by atoms with Gasteiger partial charge in [-0.3, -0.25) is 9.59 Å². The molecule has 0 spiro atoms. The summed E-state index contributed by atoms with van der Waals surface area (Å²) in [6.45, 7) is 9.37. The third kappa shape index (κ3) is 13.9. The van der Waals surface area contributed by atoms with Crippen LogP contribution in [0.1, 0.15) is 85.5 Å². The van der Waals surface area contributed by atoms with Crippen LogP contribution in [0.5, 0.6) is 0 Å². The molecule has 0 bridgehead atoms. The summed E-state index contributed by atoms with van der Waals surface area (Å²) >= 11 is 0. The Kier molecular flexibility index (Phi) is 16.7. The van der Waals surface area contributed by atoms with E-state index in [-0.39, 0.29) is 45.3 Å². The zero-order valence-electron chi connectivity index (χ0n) is 19.2. The average molecular weight is 435 g/mol. The molecule has 2 unspecified atom stereocenters. The second kappa shape index (κ2) is 17.5. The Bertz CT molecular complexity index is 432. The smallest absolute Gasteiger partial charge is 0.309 e. The molecular formula is C22H42O8. The Morgan fingerprint density at radius 3 is 1.53 bits per heavy atom. The summed E-state index contributed by atoms with van der Waals surface area (Å²) in [7, 11) is 0. The summed E-state index contributed by atoms with van der Waals surface area (Å²) in [4.78, 5) is 23.0. The molecule has 0 radical (unpaired) electrons. The van der Waals surface area contributed by atoms with E-state index in [4.69, 9.17) is 24.1 Å². The molecule has 2 N–H and O–H groups in total. The lowest BCUT2D eigenvalue weighted by Crippen LogP contribution is -2.35. The minimum absolute atomic E-state index is 0.0657. The second-order valence-electron chi connectivity index (χ2n) is 7.66. The van der Waals surface area contributed by atoms with E-state index in [9.17, 15) is 14.7 Å². The Balaban J connectivity index is 4.75.